The van der Waals surface area contributed by atoms with Crippen molar-refractivity contribution in [2.45, 2.75) is 12.8 Å². The lowest BCUT2D eigenvalue weighted by Crippen LogP contribution is -2.13. The highest BCUT2D eigenvalue weighted by atomic mass is 16.5. The number of H-pyrrole nitrogens is 1. The van der Waals surface area contributed by atoms with Crippen molar-refractivity contribution in [3.63, 3.8) is 0 Å². The second-order valence-electron chi connectivity index (χ2n) is 7.48. The van der Waals surface area contributed by atoms with Gasteiger partial charge in [0.25, 0.3) is 11.8 Å². The number of hydrogen-bond acceptors (Lipinski definition) is 4. The number of benzene rings is 3. The Bertz CT molecular complexity index is 1230. The summed E-state index contributed by atoms with van der Waals surface area (Å²) in [5, 5.41) is 12.8. The van der Waals surface area contributed by atoms with Crippen LogP contribution in [0.15, 0.2) is 84.9 Å². The third kappa shape index (κ3) is 5.86. The number of rotatable bonds is 8. The predicted octanol–water partition coefficient (Wildman–Crippen LogP) is 4.71. The van der Waals surface area contributed by atoms with Gasteiger partial charge in [-0.15, -0.1) is 0 Å². The fourth-order valence-corrected chi connectivity index (χ4v) is 3.35. The van der Waals surface area contributed by atoms with E-state index < -0.39 is 0 Å². The van der Waals surface area contributed by atoms with Gasteiger partial charge in [-0.2, -0.15) is 5.10 Å². The molecule has 0 radical (unpaired) electrons. The van der Waals surface area contributed by atoms with Crippen molar-refractivity contribution < 1.29 is 14.3 Å². The van der Waals surface area contributed by atoms with Crippen LogP contribution in [0.5, 0.6) is 5.75 Å². The Labute approximate surface area is 191 Å². The first-order valence-corrected chi connectivity index (χ1v) is 10.6. The van der Waals surface area contributed by atoms with Crippen LogP contribution in [-0.2, 0) is 12.8 Å². The average molecular weight is 441 g/mol. The number of aromatic amines is 1. The monoisotopic (exact) mass is 440 g/mol. The minimum absolute atomic E-state index is 0.203. The van der Waals surface area contributed by atoms with Crippen molar-refractivity contribution in [2.75, 3.05) is 17.7 Å². The number of methoxy groups -OCH3 is 1. The number of aromatic nitrogens is 2. The van der Waals surface area contributed by atoms with Crippen molar-refractivity contribution in [2.24, 2.45) is 0 Å². The molecule has 0 fully saturated rings. The molecule has 0 atom stereocenters. The molecule has 0 saturated carbocycles. The molecule has 166 valence electrons. The normalized spacial score (nSPS) is 10.5. The maximum atomic E-state index is 12.6. The van der Waals surface area contributed by atoms with E-state index >= 15 is 0 Å². The molecule has 3 aromatic carbocycles. The molecular formula is C26H24N4O3. The van der Waals surface area contributed by atoms with Gasteiger partial charge in [0.1, 0.15) is 5.75 Å². The molecule has 33 heavy (non-hydrogen) atoms. The molecular weight excluding hydrogens is 416 g/mol. The SMILES string of the molecule is COc1cccc(CCc2cc(NC(=O)c3ccc(NC(=O)c4ccccc4)cc3)n[nH]2)c1. The van der Waals surface area contributed by atoms with E-state index in [4.69, 9.17) is 4.74 Å². The summed E-state index contributed by atoms with van der Waals surface area (Å²) in [4.78, 5) is 24.8. The summed E-state index contributed by atoms with van der Waals surface area (Å²) in [6.07, 6.45) is 1.58. The van der Waals surface area contributed by atoms with Crippen LogP contribution in [0.1, 0.15) is 32.0 Å². The second kappa shape index (κ2) is 10.3. The standard InChI is InChI=1S/C26H24N4O3/c1-33-23-9-5-6-18(16-23)10-13-22-17-24(30-29-22)28-26(32)20-11-14-21(15-12-20)27-25(31)19-7-3-2-4-8-19/h2-9,11-12,14-17H,10,13H2,1H3,(H,27,31)(H2,28,29,30,32). The zero-order valence-electron chi connectivity index (χ0n) is 18.2. The van der Waals surface area contributed by atoms with Crippen LogP contribution in [0.25, 0.3) is 0 Å². The Morgan fingerprint density at radius 1 is 0.818 bits per heavy atom. The quantitative estimate of drug-likeness (QED) is 0.370. The average Bonchev–Trinajstić information content (AvgIpc) is 3.31. The number of carbonyl (C=O) groups is 2. The van der Waals surface area contributed by atoms with Crippen molar-refractivity contribution in [3.8, 4) is 5.75 Å². The number of ether oxygens (including phenoxy) is 1. The van der Waals surface area contributed by atoms with Crippen LogP contribution >= 0.6 is 0 Å². The maximum Gasteiger partial charge on any atom is 0.256 e. The van der Waals surface area contributed by atoms with Gasteiger partial charge in [0.05, 0.1) is 7.11 Å². The number of amides is 2. The van der Waals surface area contributed by atoms with Crippen LogP contribution in [0.3, 0.4) is 0 Å². The van der Waals surface area contributed by atoms with E-state index in [-0.39, 0.29) is 11.8 Å². The Morgan fingerprint density at radius 2 is 1.55 bits per heavy atom. The van der Waals surface area contributed by atoms with Crippen molar-refractivity contribution in [3.05, 3.63) is 107 Å². The number of nitrogens with one attached hydrogen (secondary N) is 3. The number of hydrogen-bond donors (Lipinski definition) is 3. The molecule has 0 bridgehead atoms. The summed E-state index contributed by atoms with van der Waals surface area (Å²) < 4.78 is 5.25. The molecule has 4 rings (SSSR count). The lowest BCUT2D eigenvalue weighted by atomic mass is 10.1. The summed E-state index contributed by atoms with van der Waals surface area (Å²) in [6, 6.07) is 25.4. The zero-order valence-corrected chi connectivity index (χ0v) is 18.2. The minimum atomic E-state index is -0.276. The van der Waals surface area contributed by atoms with Gasteiger partial charge in [-0.25, -0.2) is 0 Å². The summed E-state index contributed by atoms with van der Waals surface area (Å²) in [5.41, 5.74) is 3.73. The van der Waals surface area contributed by atoms with Gasteiger partial charge in [0.15, 0.2) is 5.82 Å². The van der Waals surface area contributed by atoms with Gasteiger partial charge < -0.3 is 15.4 Å². The van der Waals surface area contributed by atoms with E-state index in [1.165, 1.54) is 0 Å². The molecule has 0 saturated heterocycles. The molecule has 0 aliphatic carbocycles. The molecule has 0 unspecified atom stereocenters. The van der Waals surface area contributed by atoms with Crippen LogP contribution in [0.4, 0.5) is 11.5 Å². The Balaban J connectivity index is 1.31. The second-order valence-corrected chi connectivity index (χ2v) is 7.48. The Hall–Kier alpha value is -4.39. The highest BCUT2D eigenvalue weighted by Gasteiger charge is 2.10. The molecule has 0 aliphatic heterocycles. The van der Waals surface area contributed by atoms with Gasteiger partial charge in [-0.3, -0.25) is 14.7 Å². The molecule has 7 nitrogen and oxygen atoms in total. The van der Waals surface area contributed by atoms with E-state index in [9.17, 15) is 9.59 Å². The molecule has 1 aromatic heterocycles. The van der Waals surface area contributed by atoms with Gasteiger partial charge in [0.2, 0.25) is 0 Å². The Kier molecular flexibility index (Phi) is 6.80. The van der Waals surface area contributed by atoms with E-state index in [1.54, 1.807) is 43.5 Å². The molecule has 2 amide bonds. The topological polar surface area (TPSA) is 96.1 Å². The molecule has 7 heteroatoms. The highest BCUT2D eigenvalue weighted by Crippen LogP contribution is 2.16. The van der Waals surface area contributed by atoms with Crippen LogP contribution in [0, 0.1) is 0 Å². The number of nitrogens with zero attached hydrogens (tertiary/aromatic N) is 1. The van der Waals surface area contributed by atoms with E-state index in [0.29, 0.717) is 22.6 Å². The first-order valence-electron chi connectivity index (χ1n) is 10.6. The van der Waals surface area contributed by atoms with Gasteiger partial charge >= 0.3 is 0 Å². The van der Waals surface area contributed by atoms with Crippen molar-refractivity contribution in [1.29, 1.82) is 0 Å². The van der Waals surface area contributed by atoms with Crippen LogP contribution < -0.4 is 15.4 Å². The molecule has 0 aliphatic rings. The van der Waals surface area contributed by atoms with Crippen LogP contribution in [-0.4, -0.2) is 29.1 Å². The van der Waals surface area contributed by atoms with E-state index in [2.05, 4.69) is 20.8 Å². The van der Waals surface area contributed by atoms with Crippen LogP contribution in [0.2, 0.25) is 0 Å². The molecule has 4 aromatic rings. The largest absolute Gasteiger partial charge is 0.497 e. The number of carbonyl (C=O) groups excluding carboxylic acids is 2. The highest BCUT2D eigenvalue weighted by molar-refractivity contribution is 6.06. The third-order valence-corrected chi connectivity index (χ3v) is 5.13. The predicted molar refractivity (Wildman–Crippen MR) is 128 cm³/mol. The maximum absolute atomic E-state index is 12.6. The summed E-state index contributed by atoms with van der Waals surface area (Å²) in [5.74, 6) is 0.811. The summed E-state index contributed by atoms with van der Waals surface area (Å²) in [7, 11) is 1.65. The zero-order chi connectivity index (χ0) is 23.0. The van der Waals surface area contributed by atoms with E-state index in [0.717, 1.165) is 29.8 Å². The summed E-state index contributed by atoms with van der Waals surface area (Å²) in [6.45, 7) is 0. The van der Waals surface area contributed by atoms with E-state index in [1.807, 2.05) is 48.5 Å². The van der Waals surface area contributed by atoms with Gasteiger partial charge in [-0.05, 0) is 66.9 Å². The number of anilines is 2. The molecule has 1 heterocycles. The first kappa shape index (κ1) is 21.8. The van der Waals surface area contributed by atoms with Crippen molar-refractivity contribution >= 4 is 23.3 Å². The van der Waals surface area contributed by atoms with Gasteiger partial charge in [-0.1, -0.05) is 30.3 Å². The fraction of sp³-hybridized carbons (Fsp3) is 0.115. The molecule has 0 spiro atoms. The third-order valence-electron chi connectivity index (χ3n) is 5.13. The Morgan fingerprint density at radius 3 is 2.30 bits per heavy atom. The lowest BCUT2D eigenvalue weighted by Gasteiger charge is -2.06. The van der Waals surface area contributed by atoms with Crippen molar-refractivity contribution in [1.82, 2.24) is 10.2 Å². The summed E-state index contributed by atoms with van der Waals surface area (Å²) >= 11 is 0. The lowest BCUT2D eigenvalue weighted by molar-refractivity contribution is 0.101. The smallest absolute Gasteiger partial charge is 0.256 e. The molecule has 3 N–H and O–H groups in total. The fourth-order valence-electron chi connectivity index (χ4n) is 3.35. The first-order chi connectivity index (χ1) is 16.1. The number of aryl methyl sites for hydroxylation is 2. The van der Waals surface area contributed by atoms with Gasteiger partial charge in [0, 0.05) is 28.6 Å². The minimum Gasteiger partial charge on any atom is -0.497 e.